The minimum absolute atomic E-state index is 0.00542. The molecule has 0 radical (unpaired) electrons. The summed E-state index contributed by atoms with van der Waals surface area (Å²) in [5.74, 6) is -2.52. The number of nitro groups is 2. The van der Waals surface area contributed by atoms with E-state index >= 15 is 0 Å². The van der Waals surface area contributed by atoms with Gasteiger partial charge in [0.2, 0.25) is 12.4 Å². The van der Waals surface area contributed by atoms with Crippen LogP contribution in [0.15, 0.2) is 42.5 Å². The summed E-state index contributed by atoms with van der Waals surface area (Å²) in [7, 11) is 0. The largest absolute Gasteiger partial charge is 0.463 e. The summed E-state index contributed by atoms with van der Waals surface area (Å²) in [6.45, 7) is 5.79. The Balaban J connectivity index is 1.95. The van der Waals surface area contributed by atoms with Crippen LogP contribution in [0.25, 0.3) is 0 Å². The molecule has 5 unspecified atom stereocenters. The maximum absolute atomic E-state index is 12.5. The molecule has 0 aliphatic carbocycles. The van der Waals surface area contributed by atoms with E-state index in [0.717, 1.165) is 12.1 Å². The van der Waals surface area contributed by atoms with Gasteiger partial charge in [-0.3, -0.25) is 39.4 Å². The topological polar surface area (TPSA) is 222 Å². The Bertz CT molecular complexity index is 1460. The van der Waals surface area contributed by atoms with Gasteiger partial charge >= 0.3 is 23.9 Å². The van der Waals surface area contributed by atoms with E-state index in [9.17, 15) is 39.4 Å². The molecule has 0 saturated carbocycles. The van der Waals surface area contributed by atoms with E-state index in [2.05, 4.69) is 5.32 Å². The zero-order valence-corrected chi connectivity index (χ0v) is 26.1. The first-order valence-corrected chi connectivity index (χ1v) is 14.8. The molecule has 1 aliphatic rings. The van der Waals surface area contributed by atoms with E-state index in [4.69, 9.17) is 28.4 Å². The van der Waals surface area contributed by atoms with E-state index < -0.39 is 82.4 Å². The van der Waals surface area contributed by atoms with Crippen molar-refractivity contribution in [1.29, 1.82) is 0 Å². The molecule has 1 heterocycles. The normalized spacial score (nSPS) is 20.3. The first-order chi connectivity index (χ1) is 22.4. The molecule has 1 fully saturated rings. The number of hydrogen-bond donors (Lipinski definition) is 1. The fourth-order valence-electron chi connectivity index (χ4n) is 4.29. The Hall–Kier alpha value is -5.32. The second-order valence-electron chi connectivity index (χ2n) is 9.99. The quantitative estimate of drug-likeness (QED) is 0.122. The molecule has 0 bridgehead atoms. The van der Waals surface area contributed by atoms with Crippen molar-refractivity contribution in [2.45, 2.75) is 84.1 Å². The van der Waals surface area contributed by atoms with E-state index in [0.29, 0.717) is 5.69 Å². The maximum Gasteiger partial charge on any atom is 0.306 e. The SMILES string of the molecule is CCC(=O)OCC1OC(Oc2ccc(Nc3ccc([N+](=O)[O-])cc3[N+](=O)[O-])cc2)C(OC(=O)CC)C(OC(=O)CC)C1OC(=O)CC. The van der Waals surface area contributed by atoms with Crippen molar-refractivity contribution >= 4 is 46.6 Å². The minimum Gasteiger partial charge on any atom is -0.463 e. The highest BCUT2D eigenvalue weighted by molar-refractivity contribution is 5.73. The van der Waals surface area contributed by atoms with Gasteiger partial charge in [-0.05, 0) is 30.3 Å². The number of carbonyl (C=O) groups excluding carboxylic acids is 4. The summed E-state index contributed by atoms with van der Waals surface area (Å²) in [5.41, 5.74) is -0.627. The van der Waals surface area contributed by atoms with Crippen LogP contribution in [0.3, 0.4) is 0 Å². The molecular weight excluding hydrogens is 626 g/mol. The Morgan fingerprint density at radius 2 is 1.30 bits per heavy atom. The zero-order valence-electron chi connectivity index (χ0n) is 26.1. The van der Waals surface area contributed by atoms with Gasteiger partial charge in [-0.1, -0.05) is 27.7 Å². The van der Waals surface area contributed by atoms with Crippen LogP contribution in [-0.4, -0.2) is 71.0 Å². The van der Waals surface area contributed by atoms with Gasteiger partial charge in [0.05, 0.1) is 15.9 Å². The van der Waals surface area contributed by atoms with Gasteiger partial charge in [0.25, 0.3) is 11.4 Å². The predicted octanol–water partition coefficient (Wildman–Crippen LogP) is 4.27. The van der Waals surface area contributed by atoms with Crippen LogP contribution in [-0.2, 0) is 42.9 Å². The first-order valence-electron chi connectivity index (χ1n) is 14.8. The van der Waals surface area contributed by atoms with Crippen LogP contribution < -0.4 is 10.1 Å². The third-order valence-corrected chi connectivity index (χ3v) is 6.73. The van der Waals surface area contributed by atoms with Gasteiger partial charge < -0.3 is 33.7 Å². The number of carbonyl (C=O) groups is 4. The third kappa shape index (κ3) is 9.83. The number of benzene rings is 2. The van der Waals surface area contributed by atoms with Gasteiger partial charge in [-0.15, -0.1) is 0 Å². The van der Waals surface area contributed by atoms with Crippen LogP contribution in [0.4, 0.5) is 22.7 Å². The average Bonchev–Trinajstić information content (AvgIpc) is 3.06. The molecule has 0 aromatic heterocycles. The molecule has 254 valence electrons. The Kier molecular flexibility index (Phi) is 12.9. The molecule has 1 N–H and O–H groups in total. The summed E-state index contributed by atoms with van der Waals surface area (Å²) in [5, 5.41) is 25.4. The molecular formula is C30H35N3O14. The number of rotatable bonds is 15. The summed E-state index contributed by atoms with van der Waals surface area (Å²) in [6.07, 6.45) is -7.01. The van der Waals surface area contributed by atoms with Gasteiger partial charge in [-0.2, -0.15) is 0 Å². The predicted molar refractivity (Wildman–Crippen MR) is 161 cm³/mol. The lowest BCUT2D eigenvalue weighted by Gasteiger charge is -2.44. The fourth-order valence-corrected chi connectivity index (χ4v) is 4.29. The molecule has 0 amide bonds. The van der Waals surface area contributed by atoms with Crippen molar-refractivity contribution in [3.05, 3.63) is 62.7 Å². The number of esters is 4. The number of nitro benzene ring substituents is 2. The highest BCUT2D eigenvalue weighted by Crippen LogP contribution is 2.34. The summed E-state index contributed by atoms with van der Waals surface area (Å²) < 4.78 is 34.1. The molecule has 2 aromatic rings. The molecule has 1 saturated heterocycles. The van der Waals surface area contributed by atoms with Crippen molar-refractivity contribution in [1.82, 2.24) is 0 Å². The summed E-state index contributed by atoms with van der Waals surface area (Å²) in [4.78, 5) is 70.5. The van der Waals surface area contributed by atoms with Crippen LogP contribution in [0.2, 0.25) is 0 Å². The summed E-state index contributed by atoms with van der Waals surface area (Å²) >= 11 is 0. The zero-order chi connectivity index (χ0) is 34.7. The maximum atomic E-state index is 12.5. The van der Waals surface area contributed by atoms with Crippen molar-refractivity contribution in [2.24, 2.45) is 0 Å². The van der Waals surface area contributed by atoms with Gasteiger partial charge in [0, 0.05) is 37.4 Å². The lowest BCUT2D eigenvalue weighted by Crippen LogP contribution is -2.63. The second-order valence-corrected chi connectivity index (χ2v) is 9.99. The molecule has 17 heteroatoms. The average molecular weight is 662 g/mol. The molecule has 5 atom stereocenters. The lowest BCUT2D eigenvalue weighted by molar-refractivity contribution is -0.393. The van der Waals surface area contributed by atoms with Gasteiger partial charge in [0.15, 0.2) is 12.2 Å². The molecule has 2 aromatic carbocycles. The van der Waals surface area contributed by atoms with E-state index in [1.54, 1.807) is 13.8 Å². The van der Waals surface area contributed by atoms with Crippen LogP contribution >= 0.6 is 0 Å². The van der Waals surface area contributed by atoms with Crippen molar-refractivity contribution in [3.8, 4) is 5.75 Å². The number of ether oxygens (including phenoxy) is 6. The Labute approximate surface area is 268 Å². The van der Waals surface area contributed by atoms with E-state index in [1.165, 1.54) is 44.2 Å². The van der Waals surface area contributed by atoms with E-state index in [-0.39, 0.29) is 37.1 Å². The van der Waals surface area contributed by atoms with Crippen LogP contribution in [0.5, 0.6) is 5.75 Å². The standard InChI is InChI=1S/C30H35N3O14/c1-5-23(34)42-16-22-27(45-24(35)6-2)28(46-25(36)7-3)29(47-26(37)8-4)30(44-22)43-19-12-9-17(10-13-19)31-20-14-11-18(32(38)39)15-21(20)33(40)41/h9-15,22,27-31H,5-8,16H2,1-4H3. The first kappa shape index (κ1) is 36.2. The van der Waals surface area contributed by atoms with Crippen LogP contribution in [0.1, 0.15) is 53.4 Å². The summed E-state index contributed by atoms with van der Waals surface area (Å²) in [6, 6.07) is 9.02. The fraction of sp³-hybridized carbons (Fsp3) is 0.467. The lowest BCUT2D eigenvalue weighted by atomic mass is 9.98. The molecule has 3 rings (SSSR count). The van der Waals surface area contributed by atoms with Crippen LogP contribution in [0, 0.1) is 20.2 Å². The third-order valence-electron chi connectivity index (χ3n) is 6.73. The minimum atomic E-state index is -1.46. The smallest absolute Gasteiger partial charge is 0.306 e. The number of nitrogens with one attached hydrogen (secondary N) is 1. The second kappa shape index (κ2) is 16.8. The monoisotopic (exact) mass is 661 g/mol. The van der Waals surface area contributed by atoms with Crippen molar-refractivity contribution < 1.29 is 57.4 Å². The Morgan fingerprint density at radius 3 is 1.83 bits per heavy atom. The highest BCUT2D eigenvalue weighted by atomic mass is 16.7. The molecule has 1 aliphatic heterocycles. The Morgan fingerprint density at radius 1 is 0.745 bits per heavy atom. The molecule has 0 spiro atoms. The van der Waals surface area contributed by atoms with Gasteiger partial charge in [-0.25, -0.2) is 0 Å². The highest BCUT2D eigenvalue weighted by Gasteiger charge is 2.53. The molecule has 17 nitrogen and oxygen atoms in total. The molecule has 47 heavy (non-hydrogen) atoms. The van der Waals surface area contributed by atoms with E-state index in [1.807, 2.05) is 0 Å². The van der Waals surface area contributed by atoms with Crippen molar-refractivity contribution in [3.63, 3.8) is 0 Å². The number of non-ortho nitro benzene ring substituents is 1. The number of anilines is 2. The number of nitrogens with zero attached hydrogens (tertiary/aromatic N) is 2. The van der Waals surface area contributed by atoms with Gasteiger partial charge in [0.1, 0.15) is 24.1 Å². The number of hydrogen-bond acceptors (Lipinski definition) is 15. The van der Waals surface area contributed by atoms with Crippen molar-refractivity contribution in [2.75, 3.05) is 11.9 Å².